The molecule has 0 saturated carbocycles. The average Bonchev–Trinajstić information content (AvgIpc) is 2.70. The number of rotatable bonds is 6. The zero-order chi connectivity index (χ0) is 20.1. The lowest BCUT2D eigenvalue weighted by atomic mass is 10.1. The van der Waals surface area contributed by atoms with Gasteiger partial charge >= 0.3 is 5.97 Å². The Bertz CT molecular complexity index is 993. The molecule has 0 atom stereocenters. The van der Waals surface area contributed by atoms with E-state index in [4.69, 9.17) is 15.2 Å². The second kappa shape index (κ2) is 8.67. The average molecular weight is 398 g/mol. The molecule has 0 radical (unpaired) electrons. The van der Waals surface area contributed by atoms with Gasteiger partial charge in [-0.3, -0.25) is 0 Å². The van der Waals surface area contributed by atoms with Crippen LogP contribution in [0.5, 0.6) is 11.5 Å². The summed E-state index contributed by atoms with van der Waals surface area (Å²) >= 11 is 1.38. The van der Waals surface area contributed by atoms with Crippen LogP contribution < -0.4 is 15.2 Å². The molecule has 0 heterocycles. The van der Waals surface area contributed by atoms with Gasteiger partial charge in [-0.25, -0.2) is 9.18 Å². The molecule has 28 heavy (non-hydrogen) atoms. The van der Waals surface area contributed by atoms with Gasteiger partial charge in [-0.2, -0.15) is 0 Å². The minimum atomic E-state index is -0.571. The van der Waals surface area contributed by atoms with Crippen molar-refractivity contribution in [2.75, 3.05) is 17.6 Å². The highest BCUT2D eigenvalue weighted by atomic mass is 32.2. The molecule has 144 valence electrons. The van der Waals surface area contributed by atoms with Crippen LogP contribution in [0.4, 0.5) is 15.8 Å². The van der Waals surface area contributed by atoms with Crippen molar-refractivity contribution >= 4 is 29.3 Å². The Labute approximate surface area is 166 Å². The molecule has 0 bridgehead atoms. The quantitative estimate of drug-likeness (QED) is 0.328. The van der Waals surface area contributed by atoms with E-state index in [0.717, 1.165) is 4.90 Å². The topological polar surface area (TPSA) is 73.6 Å². The standard InChI is InChI=1S/C21H19FN2O3S/c1-13-3-7-16(8-4-13)28-24-20-10-6-14(11-17(20)21(25)26-2)27-15-5-9-19(23)18(22)12-15/h3-12,24H,23H2,1-2H3. The summed E-state index contributed by atoms with van der Waals surface area (Å²) < 4.78 is 27.3. The van der Waals surface area contributed by atoms with E-state index in [-0.39, 0.29) is 11.4 Å². The van der Waals surface area contributed by atoms with Crippen LogP contribution >= 0.6 is 11.9 Å². The van der Waals surface area contributed by atoms with Crippen LogP contribution in [0, 0.1) is 12.7 Å². The Morgan fingerprint density at radius 1 is 1.04 bits per heavy atom. The third kappa shape index (κ3) is 4.75. The van der Waals surface area contributed by atoms with Crippen molar-refractivity contribution < 1.29 is 18.7 Å². The number of carbonyl (C=O) groups is 1. The highest BCUT2D eigenvalue weighted by Crippen LogP contribution is 2.31. The number of nitrogen functional groups attached to an aromatic ring is 1. The van der Waals surface area contributed by atoms with E-state index in [9.17, 15) is 9.18 Å². The zero-order valence-corrected chi connectivity index (χ0v) is 16.2. The highest BCUT2D eigenvalue weighted by Gasteiger charge is 2.14. The van der Waals surface area contributed by atoms with Crippen LogP contribution in [0.1, 0.15) is 15.9 Å². The molecule has 0 unspecified atom stereocenters. The number of methoxy groups -OCH3 is 1. The number of carbonyl (C=O) groups excluding carboxylic acids is 1. The van der Waals surface area contributed by atoms with Crippen LogP contribution in [-0.4, -0.2) is 13.1 Å². The fourth-order valence-electron chi connectivity index (χ4n) is 2.38. The minimum absolute atomic E-state index is 0.0373. The van der Waals surface area contributed by atoms with Gasteiger partial charge < -0.3 is 19.9 Å². The second-order valence-electron chi connectivity index (χ2n) is 6.00. The molecule has 0 saturated heterocycles. The summed E-state index contributed by atoms with van der Waals surface area (Å²) in [6.45, 7) is 2.02. The van der Waals surface area contributed by atoms with Gasteiger partial charge in [0, 0.05) is 11.0 Å². The molecular formula is C21H19FN2O3S. The predicted octanol–water partition coefficient (Wildman–Crippen LogP) is 5.41. The van der Waals surface area contributed by atoms with Crippen molar-refractivity contribution in [3.8, 4) is 11.5 Å². The zero-order valence-electron chi connectivity index (χ0n) is 15.4. The monoisotopic (exact) mass is 398 g/mol. The Hall–Kier alpha value is -3.19. The molecular weight excluding hydrogens is 379 g/mol. The maximum absolute atomic E-state index is 13.6. The molecule has 0 fully saturated rings. The van der Waals surface area contributed by atoms with Crippen molar-refractivity contribution in [1.82, 2.24) is 0 Å². The molecule has 0 aliphatic rings. The van der Waals surface area contributed by atoms with Gasteiger partial charge in [0.1, 0.15) is 17.3 Å². The number of hydrogen-bond donors (Lipinski definition) is 2. The van der Waals surface area contributed by atoms with Gasteiger partial charge in [0.2, 0.25) is 0 Å². The number of nitrogens with one attached hydrogen (secondary N) is 1. The summed E-state index contributed by atoms with van der Waals surface area (Å²) in [5.41, 5.74) is 7.55. The molecule has 0 aliphatic carbocycles. The lowest BCUT2D eigenvalue weighted by Gasteiger charge is -2.13. The minimum Gasteiger partial charge on any atom is -0.465 e. The van der Waals surface area contributed by atoms with Crippen LogP contribution in [0.15, 0.2) is 65.6 Å². The number of hydrogen-bond acceptors (Lipinski definition) is 6. The number of nitrogens with two attached hydrogens (primary N) is 1. The van der Waals surface area contributed by atoms with Crippen LogP contribution in [0.2, 0.25) is 0 Å². The lowest BCUT2D eigenvalue weighted by molar-refractivity contribution is 0.0601. The Morgan fingerprint density at radius 2 is 1.71 bits per heavy atom. The van der Waals surface area contributed by atoms with Crippen molar-refractivity contribution in [2.24, 2.45) is 0 Å². The Balaban J connectivity index is 1.81. The van der Waals surface area contributed by atoms with Crippen molar-refractivity contribution in [3.63, 3.8) is 0 Å². The number of ether oxygens (including phenoxy) is 2. The van der Waals surface area contributed by atoms with Crippen LogP contribution in [0.3, 0.4) is 0 Å². The molecule has 3 aromatic rings. The summed E-state index contributed by atoms with van der Waals surface area (Å²) in [5.74, 6) is -0.438. The first-order chi connectivity index (χ1) is 13.5. The molecule has 0 amide bonds. The first-order valence-corrected chi connectivity index (χ1v) is 9.22. The number of halogens is 1. The summed E-state index contributed by atoms with van der Waals surface area (Å²) in [6.07, 6.45) is 0. The van der Waals surface area contributed by atoms with E-state index in [1.54, 1.807) is 18.2 Å². The van der Waals surface area contributed by atoms with Crippen molar-refractivity contribution in [2.45, 2.75) is 11.8 Å². The number of benzene rings is 3. The van der Waals surface area contributed by atoms with Gasteiger partial charge in [-0.05, 0) is 61.3 Å². The summed E-state index contributed by atoms with van der Waals surface area (Å²) in [6, 6.07) is 17.1. The fourth-order valence-corrected chi connectivity index (χ4v) is 3.06. The van der Waals surface area contributed by atoms with Crippen molar-refractivity contribution in [1.29, 1.82) is 0 Å². The fraction of sp³-hybridized carbons (Fsp3) is 0.0952. The first kappa shape index (κ1) is 19.6. The Kier molecular flexibility index (Phi) is 6.06. The second-order valence-corrected chi connectivity index (χ2v) is 6.88. The van der Waals surface area contributed by atoms with Crippen LogP contribution in [-0.2, 0) is 4.74 Å². The summed E-state index contributed by atoms with van der Waals surface area (Å²) in [4.78, 5) is 13.2. The first-order valence-electron chi connectivity index (χ1n) is 8.41. The molecule has 3 N–H and O–H groups in total. The van der Waals surface area contributed by atoms with E-state index in [0.29, 0.717) is 17.0 Å². The third-order valence-corrected chi connectivity index (χ3v) is 4.73. The van der Waals surface area contributed by atoms with Crippen molar-refractivity contribution in [3.05, 3.63) is 77.6 Å². The van der Waals surface area contributed by atoms with Gasteiger partial charge in [0.25, 0.3) is 0 Å². The molecule has 3 rings (SSSR count). The Morgan fingerprint density at radius 3 is 2.39 bits per heavy atom. The van der Waals surface area contributed by atoms with E-state index < -0.39 is 11.8 Å². The smallest absolute Gasteiger partial charge is 0.340 e. The van der Waals surface area contributed by atoms with Gasteiger partial charge in [0.05, 0.1) is 24.0 Å². The molecule has 0 spiro atoms. The van der Waals surface area contributed by atoms with Gasteiger partial charge in [-0.1, -0.05) is 17.7 Å². The van der Waals surface area contributed by atoms with E-state index in [1.807, 2.05) is 31.2 Å². The van der Waals surface area contributed by atoms with Gasteiger partial charge in [-0.15, -0.1) is 0 Å². The molecule has 0 aliphatic heterocycles. The molecule has 0 aromatic heterocycles. The molecule has 3 aromatic carbocycles. The van der Waals surface area contributed by atoms with Crippen LogP contribution in [0.25, 0.3) is 0 Å². The van der Waals surface area contributed by atoms with E-state index >= 15 is 0 Å². The summed E-state index contributed by atoms with van der Waals surface area (Å²) in [7, 11) is 1.31. The maximum atomic E-state index is 13.6. The lowest BCUT2D eigenvalue weighted by Crippen LogP contribution is -2.05. The maximum Gasteiger partial charge on any atom is 0.340 e. The third-order valence-electron chi connectivity index (χ3n) is 3.90. The number of esters is 1. The highest BCUT2D eigenvalue weighted by molar-refractivity contribution is 8.00. The predicted molar refractivity (Wildman–Crippen MR) is 109 cm³/mol. The molecule has 5 nitrogen and oxygen atoms in total. The largest absolute Gasteiger partial charge is 0.465 e. The van der Waals surface area contributed by atoms with Gasteiger partial charge in [0.15, 0.2) is 0 Å². The summed E-state index contributed by atoms with van der Waals surface area (Å²) in [5, 5.41) is 0. The number of aryl methyl sites for hydroxylation is 1. The normalized spacial score (nSPS) is 10.4. The van der Waals surface area contributed by atoms with E-state index in [1.165, 1.54) is 42.8 Å². The SMILES string of the molecule is COC(=O)c1cc(Oc2ccc(N)c(F)c2)ccc1NSc1ccc(C)cc1. The molecule has 7 heteroatoms. The number of anilines is 2. The van der Waals surface area contributed by atoms with E-state index in [2.05, 4.69) is 4.72 Å².